The van der Waals surface area contributed by atoms with Gasteiger partial charge in [0.15, 0.2) is 0 Å². The van der Waals surface area contributed by atoms with Gasteiger partial charge in [-0.1, -0.05) is 157 Å². The second-order valence-electron chi connectivity index (χ2n) is 32.1. The molecule has 0 spiro atoms. The highest BCUT2D eigenvalue weighted by molar-refractivity contribution is 7.90. The van der Waals surface area contributed by atoms with Crippen molar-refractivity contribution in [1.82, 2.24) is 38.5 Å². The van der Waals surface area contributed by atoms with Crippen LogP contribution in [0.5, 0.6) is 0 Å². The first-order valence-corrected chi connectivity index (χ1v) is 50.7. The zero-order valence-electron chi connectivity index (χ0n) is 71.8. The first kappa shape index (κ1) is 102. The van der Waals surface area contributed by atoms with Gasteiger partial charge in [-0.3, -0.25) is 14.4 Å². The van der Waals surface area contributed by atoms with Crippen LogP contribution in [0.1, 0.15) is 153 Å². The van der Waals surface area contributed by atoms with E-state index in [4.69, 9.17) is 75.3 Å². The van der Waals surface area contributed by atoms with E-state index in [-0.39, 0.29) is 130 Å². The number of hydrogen-bond acceptors (Lipinski definition) is 24. The molecule has 694 valence electrons. The molecule has 6 fully saturated rings. The van der Waals surface area contributed by atoms with E-state index in [0.717, 1.165) is 132 Å². The van der Waals surface area contributed by atoms with Crippen molar-refractivity contribution in [2.45, 2.75) is 212 Å². The van der Waals surface area contributed by atoms with Gasteiger partial charge in [0.2, 0.25) is 58.2 Å². The number of aliphatic hydroxyl groups excluding tert-OH is 3. The van der Waals surface area contributed by atoms with Crippen LogP contribution >= 0.6 is 46.4 Å². The monoisotopic (exact) mass is 1920 g/mol. The standard InChI is InChI=1S/C22H23ClN2O4S.C21H22ClN3O4S.C15H21NO2.C14H18ClNO4S.C12H16ClNO3S.C8H15NO2/c23-19-8-10-20(11-9-19)30(27,28)25(21-3-1-2-18(21)15-26)14-16-4-6-17(7-5-16)22-24-12-13-29-22;22-18-8-10-19(11-9-18)30(27,28)25(20-3-1-2-17(20)13-26)12-15-4-6-16(7-5-15)21-23-14-29-24-21;1-2-18-15(17)13-9-6-10-14(13)16-11-12-7-4-3-5-8-12;1-2-20-14(17)12-4-3-5-13(12)16-21(18,19)11-8-6-10(15)7-9-11;13-10-4-6-11(7-5-10)18(16,17)14-12-3-1-2-9(12)8-15;1-2-11-8(10)6-4-3-5-7(6)9/h4-13,18,21,26H,1-3,14-15H2;4-11,14,17,20,26H,1-3,12-13H2;3-5,7-8,13-14,16H,2,6,9-11H2,1H3;6-9,12-13,16H,2-5H2,1H3;4-7,9,12,14-15H,1-3,8H2;6-7H,2-5,9H2,1H3/t18-,21-;17-,20-;13-,14+;12-,13+;9-,12-;6-,7+/m110010/s1. The molecule has 0 radical (unpaired) electrons. The van der Waals surface area contributed by atoms with Gasteiger partial charge in [0.1, 0.15) is 6.26 Å². The second kappa shape index (κ2) is 50.0. The summed E-state index contributed by atoms with van der Waals surface area (Å²) in [4.78, 5) is 43.7. The molecule has 0 bridgehead atoms. The van der Waals surface area contributed by atoms with Crippen LogP contribution in [0.2, 0.25) is 20.1 Å². The maximum absolute atomic E-state index is 13.5. The number of hydrogen-bond donors (Lipinski definition) is 7. The summed E-state index contributed by atoms with van der Waals surface area (Å²) in [6, 6.07) is 48.8. The molecule has 2 heterocycles. The van der Waals surface area contributed by atoms with Crippen molar-refractivity contribution in [3.8, 4) is 22.8 Å². The molecule has 128 heavy (non-hydrogen) atoms. The lowest BCUT2D eigenvalue weighted by molar-refractivity contribution is -0.149. The number of nitrogens with one attached hydrogen (secondary N) is 3. The van der Waals surface area contributed by atoms with Crippen molar-refractivity contribution in [2.75, 3.05) is 39.6 Å². The van der Waals surface area contributed by atoms with Crippen molar-refractivity contribution in [3.63, 3.8) is 0 Å². The molecule has 7 aromatic carbocycles. The van der Waals surface area contributed by atoms with Crippen LogP contribution in [0.3, 0.4) is 0 Å². The number of rotatable bonds is 30. The molecule has 8 N–H and O–H groups in total. The summed E-state index contributed by atoms with van der Waals surface area (Å²) in [6.45, 7) is 7.85. The van der Waals surface area contributed by atoms with Gasteiger partial charge in [-0.05, 0) is 241 Å². The van der Waals surface area contributed by atoms with Crippen LogP contribution in [-0.4, -0.2) is 167 Å². The van der Waals surface area contributed by atoms with Crippen molar-refractivity contribution in [2.24, 2.45) is 41.2 Å². The third kappa shape index (κ3) is 29.0. The van der Waals surface area contributed by atoms with Crippen LogP contribution in [0.25, 0.3) is 22.8 Å². The number of nitrogens with zero attached hydrogens (tertiary/aromatic N) is 5. The Kier molecular flexibility index (Phi) is 39.8. The third-order valence-electron chi connectivity index (χ3n) is 23.7. The number of nitrogens with two attached hydrogens (primary N) is 1. The summed E-state index contributed by atoms with van der Waals surface area (Å²) in [7, 11) is -14.7. The summed E-state index contributed by atoms with van der Waals surface area (Å²) in [5.41, 5.74) is 10.3. The van der Waals surface area contributed by atoms with E-state index in [1.54, 1.807) is 49.5 Å². The number of carbonyl (C=O) groups is 3. The molecule has 0 aliphatic heterocycles. The molecule has 12 atom stereocenters. The Labute approximate surface area is 770 Å². The van der Waals surface area contributed by atoms with Crippen molar-refractivity contribution in [3.05, 3.63) is 232 Å². The summed E-state index contributed by atoms with van der Waals surface area (Å²) in [5.74, 6) is -0.0319. The number of carbonyl (C=O) groups excluding carboxylic acids is 3. The predicted molar refractivity (Wildman–Crippen MR) is 489 cm³/mol. The molecular weight excluding hydrogens is 1810 g/mol. The third-order valence-corrected chi connectivity index (χ3v) is 31.5. The second-order valence-corrected chi connectivity index (χ2v) is 41.1. The van der Waals surface area contributed by atoms with E-state index in [2.05, 4.69) is 42.0 Å². The van der Waals surface area contributed by atoms with E-state index < -0.39 is 52.1 Å². The van der Waals surface area contributed by atoms with Gasteiger partial charge in [0.05, 0.1) is 63.4 Å². The fourth-order valence-corrected chi connectivity index (χ4v) is 23.5. The lowest BCUT2D eigenvalue weighted by Crippen LogP contribution is -2.42. The maximum atomic E-state index is 13.5. The number of ether oxygens (including phenoxy) is 3. The summed E-state index contributed by atoms with van der Waals surface area (Å²) < 4.78 is 136. The molecule has 36 heteroatoms. The molecule has 0 saturated heterocycles. The van der Waals surface area contributed by atoms with Crippen molar-refractivity contribution in [1.29, 1.82) is 0 Å². The average Bonchev–Trinajstić information content (AvgIpc) is 1.30. The summed E-state index contributed by atoms with van der Waals surface area (Å²) in [6.07, 6.45) is 19.9. The number of aromatic nitrogens is 3. The van der Waals surface area contributed by atoms with Crippen molar-refractivity contribution < 1.29 is 86.5 Å². The quantitative estimate of drug-likeness (QED) is 0.0162. The molecule has 6 saturated carbocycles. The zero-order valence-corrected chi connectivity index (χ0v) is 78.1. The minimum absolute atomic E-state index is 0.0204. The highest BCUT2D eigenvalue weighted by atomic mass is 35.5. The number of esters is 3. The number of sulfonamides is 4. The predicted octanol–water partition coefficient (Wildman–Crippen LogP) is 15.4. The largest absolute Gasteiger partial charge is 0.466 e. The van der Waals surface area contributed by atoms with Gasteiger partial charge in [0.25, 0.3) is 0 Å². The van der Waals surface area contributed by atoms with Gasteiger partial charge in [0, 0.05) is 107 Å². The van der Waals surface area contributed by atoms with Crippen LogP contribution < -0.4 is 20.5 Å². The van der Waals surface area contributed by atoms with Crippen LogP contribution in [-0.2, 0) is 88.3 Å². The smallest absolute Gasteiger partial charge is 0.310 e. The van der Waals surface area contributed by atoms with Gasteiger partial charge >= 0.3 is 17.9 Å². The molecular formula is C92H115Cl4N9O19S4. The Balaban J connectivity index is 0.000000164. The first-order chi connectivity index (χ1) is 61.5. The fourth-order valence-electron chi connectivity index (χ4n) is 16.9. The van der Waals surface area contributed by atoms with Crippen LogP contribution in [0.15, 0.2) is 223 Å². The molecule has 15 rings (SSSR count). The van der Waals surface area contributed by atoms with Crippen LogP contribution in [0, 0.1) is 35.5 Å². The lowest BCUT2D eigenvalue weighted by atomic mass is 10.0. The molecule has 9 aromatic rings. The van der Waals surface area contributed by atoms with E-state index >= 15 is 0 Å². The number of halogens is 4. The van der Waals surface area contributed by atoms with E-state index in [1.807, 2.05) is 80.6 Å². The van der Waals surface area contributed by atoms with E-state index in [1.165, 1.54) is 87.5 Å². The normalized spacial score (nSPS) is 22.0. The fraction of sp³-hybridized carbons (Fsp3) is 0.457. The Morgan fingerprint density at radius 2 is 0.828 bits per heavy atom. The minimum atomic E-state index is -3.77. The molecule has 0 unspecified atom stereocenters. The Morgan fingerprint density at radius 3 is 1.25 bits per heavy atom. The molecule has 28 nitrogen and oxygen atoms in total. The van der Waals surface area contributed by atoms with Gasteiger partial charge in [-0.25, -0.2) is 48.1 Å². The maximum Gasteiger partial charge on any atom is 0.310 e. The molecule has 0 amide bonds. The topological polar surface area (TPSA) is 410 Å². The number of oxazole rings is 1. The Morgan fingerprint density at radius 1 is 0.438 bits per heavy atom. The molecule has 2 aromatic heterocycles. The van der Waals surface area contributed by atoms with E-state index in [0.29, 0.717) is 64.5 Å². The average molecular weight is 1920 g/mol. The van der Waals surface area contributed by atoms with Gasteiger partial charge < -0.3 is 49.5 Å². The van der Waals surface area contributed by atoms with Crippen molar-refractivity contribution >= 4 is 104 Å². The molecule has 6 aliphatic carbocycles. The molecule has 6 aliphatic rings. The number of benzene rings is 7. The van der Waals surface area contributed by atoms with Gasteiger partial charge in [-0.2, -0.15) is 13.6 Å². The zero-order chi connectivity index (χ0) is 92.0. The highest BCUT2D eigenvalue weighted by Gasteiger charge is 2.43. The van der Waals surface area contributed by atoms with Crippen LogP contribution in [0.4, 0.5) is 0 Å². The summed E-state index contributed by atoms with van der Waals surface area (Å²) >= 11 is 23.4. The minimum Gasteiger partial charge on any atom is -0.466 e. The van der Waals surface area contributed by atoms with E-state index in [9.17, 15) is 63.4 Å². The SMILES string of the molecule is CCOC(=O)[C@H]1CCC[C@H]1N.CCOC(=O)[C@H]1CCC[C@H]1NCc1ccccc1.CCOC(=O)[C@H]1CCC[C@H]1NS(=O)(=O)c1ccc(Cl)cc1.O=S(=O)(N[C@@H]1CCC[C@@H]1CO)c1ccc(Cl)cc1.O=S(=O)(c1ccc(Cl)cc1)N(Cc1ccc(-c2ncco2)cc1)[C@@H]1CCC[C@@H]1CO.O=S(=O)(c1ccc(Cl)cc1)N(Cc1ccc(-c2ncon2)cc1)[C@@H]1CCC[C@@H]1CO. The lowest BCUT2D eigenvalue weighted by Gasteiger charge is -2.32. The Hall–Kier alpha value is -8.10. The Bertz CT molecular complexity index is 5210. The first-order valence-electron chi connectivity index (χ1n) is 43.3. The highest BCUT2D eigenvalue weighted by Crippen LogP contribution is 2.39. The van der Waals surface area contributed by atoms with Gasteiger partial charge in [-0.15, -0.1) is 0 Å². The number of aliphatic hydroxyl groups is 3. The summed E-state index contributed by atoms with van der Waals surface area (Å²) in [5, 5.41) is 38.0.